The average molecular weight is 314 g/mol. The van der Waals surface area contributed by atoms with Crippen LogP contribution in [0.1, 0.15) is 59.4 Å². The summed E-state index contributed by atoms with van der Waals surface area (Å²) in [6.07, 6.45) is 3.13. The van der Waals surface area contributed by atoms with Crippen LogP contribution in [0.3, 0.4) is 0 Å². The van der Waals surface area contributed by atoms with E-state index in [0.29, 0.717) is 17.9 Å². The predicted molar refractivity (Wildman–Crippen MR) is 92.1 cm³/mol. The molecule has 1 rings (SSSR count). The van der Waals surface area contributed by atoms with Crippen LogP contribution in [0.25, 0.3) is 0 Å². The minimum atomic E-state index is 0.525. The molecular formula is C17H32ClN3. The third kappa shape index (κ3) is 5.63. The summed E-state index contributed by atoms with van der Waals surface area (Å²) in [5.74, 6) is 1.31. The number of halogens is 1. The SMILES string of the molecule is CCc1nn(CC)c(CC(CNC(C)C)CC(C)C)c1Cl. The molecule has 122 valence electrons. The van der Waals surface area contributed by atoms with Gasteiger partial charge in [-0.05, 0) is 44.6 Å². The molecule has 0 saturated heterocycles. The van der Waals surface area contributed by atoms with Crippen LogP contribution in [0.2, 0.25) is 5.02 Å². The Bertz CT molecular complexity index is 424. The lowest BCUT2D eigenvalue weighted by atomic mass is 9.92. The Labute approximate surface area is 135 Å². The average Bonchev–Trinajstić information content (AvgIpc) is 2.72. The molecule has 0 fully saturated rings. The summed E-state index contributed by atoms with van der Waals surface area (Å²) in [5.41, 5.74) is 2.25. The standard InChI is InChI=1S/C17H32ClN3/c1-7-15-17(18)16(21(8-2)20-15)10-14(9-12(3)4)11-19-13(5)6/h12-14,19H,7-11H2,1-6H3. The lowest BCUT2D eigenvalue weighted by Crippen LogP contribution is -2.31. The summed E-state index contributed by atoms with van der Waals surface area (Å²) in [6, 6.07) is 0.525. The maximum absolute atomic E-state index is 6.55. The van der Waals surface area contributed by atoms with Crippen molar-refractivity contribution in [2.75, 3.05) is 6.54 Å². The van der Waals surface area contributed by atoms with Crippen LogP contribution in [-0.2, 0) is 19.4 Å². The first-order valence-electron chi connectivity index (χ1n) is 8.36. The summed E-state index contributed by atoms with van der Waals surface area (Å²) in [4.78, 5) is 0. The Kier molecular flexibility index (Phi) is 7.75. The highest BCUT2D eigenvalue weighted by molar-refractivity contribution is 6.31. The van der Waals surface area contributed by atoms with Crippen LogP contribution in [-0.4, -0.2) is 22.4 Å². The zero-order valence-corrected chi connectivity index (χ0v) is 15.3. The van der Waals surface area contributed by atoms with Gasteiger partial charge >= 0.3 is 0 Å². The monoisotopic (exact) mass is 313 g/mol. The molecule has 0 radical (unpaired) electrons. The molecule has 3 nitrogen and oxygen atoms in total. The highest BCUT2D eigenvalue weighted by atomic mass is 35.5. The smallest absolute Gasteiger partial charge is 0.0849 e. The Morgan fingerprint density at radius 1 is 1.19 bits per heavy atom. The van der Waals surface area contributed by atoms with Gasteiger partial charge in [-0.15, -0.1) is 0 Å². The number of nitrogens with one attached hydrogen (secondary N) is 1. The Hall–Kier alpha value is -0.540. The summed E-state index contributed by atoms with van der Waals surface area (Å²) < 4.78 is 2.09. The molecule has 1 unspecified atom stereocenters. The van der Waals surface area contributed by atoms with Crippen LogP contribution < -0.4 is 5.32 Å². The quantitative estimate of drug-likeness (QED) is 0.735. The highest BCUT2D eigenvalue weighted by Gasteiger charge is 2.20. The van der Waals surface area contributed by atoms with E-state index in [4.69, 9.17) is 11.6 Å². The lowest BCUT2D eigenvalue weighted by Gasteiger charge is -2.21. The summed E-state index contributed by atoms with van der Waals surface area (Å²) >= 11 is 6.55. The topological polar surface area (TPSA) is 29.9 Å². The summed E-state index contributed by atoms with van der Waals surface area (Å²) in [5, 5.41) is 9.10. The van der Waals surface area contributed by atoms with Gasteiger partial charge in [0, 0.05) is 12.6 Å². The second kappa shape index (κ2) is 8.79. The van der Waals surface area contributed by atoms with Crippen LogP contribution >= 0.6 is 11.6 Å². The van der Waals surface area contributed by atoms with Crippen LogP contribution in [0, 0.1) is 11.8 Å². The van der Waals surface area contributed by atoms with Crippen molar-refractivity contribution in [1.82, 2.24) is 15.1 Å². The first-order valence-corrected chi connectivity index (χ1v) is 8.74. The van der Waals surface area contributed by atoms with Gasteiger partial charge in [0.15, 0.2) is 0 Å². The molecule has 0 aromatic carbocycles. The van der Waals surface area contributed by atoms with Gasteiger partial charge in [0.1, 0.15) is 0 Å². The van der Waals surface area contributed by atoms with Gasteiger partial charge in [-0.1, -0.05) is 46.2 Å². The fraction of sp³-hybridized carbons (Fsp3) is 0.824. The van der Waals surface area contributed by atoms with Gasteiger partial charge < -0.3 is 5.32 Å². The molecule has 1 heterocycles. The van der Waals surface area contributed by atoms with Gasteiger partial charge in [-0.3, -0.25) is 4.68 Å². The normalized spacial score (nSPS) is 13.4. The number of hydrogen-bond donors (Lipinski definition) is 1. The largest absolute Gasteiger partial charge is 0.314 e. The zero-order valence-electron chi connectivity index (χ0n) is 14.5. The van der Waals surface area contributed by atoms with E-state index in [-0.39, 0.29) is 0 Å². The minimum Gasteiger partial charge on any atom is -0.314 e. The van der Waals surface area contributed by atoms with E-state index in [0.717, 1.165) is 36.6 Å². The van der Waals surface area contributed by atoms with Crippen molar-refractivity contribution < 1.29 is 0 Å². The maximum atomic E-state index is 6.55. The molecule has 0 spiro atoms. The second-order valence-electron chi connectivity index (χ2n) is 6.64. The van der Waals surface area contributed by atoms with Crippen LogP contribution in [0.4, 0.5) is 0 Å². The number of hydrogen-bond acceptors (Lipinski definition) is 2. The highest BCUT2D eigenvalue weighted by Crippen LogP contribution is 2.26. The van der Waals surface area contributed by atoms with Gasteiger partial charge in [0.25, 0.3) is 0 Å². The second-order valence-corrected chi connectivity index (χ2v) is 7.02. The van der Waals surface area contributed by atoms with Crippen molar-refractivity contribution in [2.24, 2.45) is 11.8 Å². The van der Waals surface area contributed by atoms with E-state index < -0.39 is 0 Å². The van der Waals surface area contributed by atoms with Crippen molar-refractivity contribution in [2.45, 2.75) is 73.4 Å². The van der Waals surface area contributed by atoms with E-state index in [1.54, 1.807) is 0 Å². The molecule has 1 aromatic heterocycles. The summed E-state index contributed by atoms with van der Waals surface area (Å²) in [6.45, 7) is 15.2. The van der Waals surface area contributed by atoms with Gasteiger partial charge in [-0.2, -0.15) is 5.10 Å². The molecule has 0 aliphatic heterocycles. The van der Waals surface area contributed by atoms with Crippen molar-refractivity contribution in [3.63, 3.8) is 0 Å². The zero-order chi connectivity index (χ0) is 16.0. The number of rotatable bonds is 9. The molecule has 4 heteroatoms. The molecular weight excluding hydrogens is 282 g/mol. The maximum Gasteiger partial charge on any atom is 0.0849 e. The third-order valence-electron chi connectivity index (χ3n) is 3.80. The molecule has 0 bridgehead atoms. The van der Waals surface area contributed by atoms with E-state index in [2.05, 4.69) is 56.6 Å². The molecule has 0 saturated carbocycles. The van der Waals surface area contributed by atoms with Gasteiger partial charge in [0.05, 0.1) is 16.4 Å². The van der Waals surface area contributed by atoms with Gasteiger partial charge in [-0.25, -0.2) is 0 Å². The molecule has 1 aromatic rings. The molecule has 0 aliphatic carbocycles. The molecule has 0 amide bonds. The van der Waals surface area contributed by atoms with Crippen molar-refractivity contribution in [3.05, 3.63) is 16.4 Å². The van der Waals surface area contributed by atoms with E-state index in [1.807, 2.05) is 0 Å². The first kappa shape index (κ1) is 18.5. The number of aryl methyl sites for hydroxylation is 2. The number of nitrogens with zero attached hydrogens (tertiary/aromatic N) is 2. The predicted octanol–water partition coefficient (Wildman–Crippen LogP) is 4.32. The van der Waals surface area contributed by atoms with Gasteiger partial charge in [0.2, 0.25) is 0 Å². The molecule has 1 N–H and O–H groups in total. The summed E-state index contributed by atoms with van der Waals surface area (Å²) in [7, 11) is 0. The molecule has 21 heavy (non-hydrogen) atoms. The van der Waals surface area contributed by atoms with Crippen molar-refractivity contribution >= 4 is 11.6 Å². The van der Waals surface area contributed by atoms with Crippen molar-refractivity contribution in [1.29, 1.82) is 0 Å². The first-order chi connectivity index (χ1) is 9.88. The Morgan fingerprint density at radius 3 is 2.33 bits per heavy atom. The Balaban J connectivity index is 2.88. The Morgan fingerprint density at radius 2 is 1.86 bits per heavy atom. The fourth-order valence-electron chi connectivity index (χ4n) is 2.79. The van der Waals surface area contributed by atoms with Crippen LogP contribution in [0.5, 0.6) is 0 Å². The van der Waals surface area contributed by atoms with Crippen molar-refractivity contribution in [3.8, 4) is 0 Å². The van der Waals surface area contributed by atoms with E-state index >= 15 is 0 Å². The molecule has 0 aliphatic rings. The third-order valence-corrected chi connectivity index (χ3v) is 4.23. The lowest BCUT2D eigenvalue weighted by molar-refractivity contribution is 0.365. The van der Waals surface area contributed by atoms with E-state index in [9.17, 15) is 0 Å². The van der Waals surface area contributed by atoms with E-state index in [1.165, 1.54) is 12.1 Å². The molecule has 1 atom stereocenters. The van der Waals surface area contributed by atoms with Crippen LogP contribution in [0.15, 0.2) is 0 Å². The fourth-order valence-corrected chi connectivity index (χ4v) is 3.14. The minimum absolute atomic E-state index is 0.525. The number of aromatic nitrogens is 2.